The lowest BCUT2D eigenvalue weighted by atomic mass is 10.0. The maximum absolute atomic E-state index is 12.8. The van der Waals surface area contributed by atoms with Crippen molar-refractivity contribution >= 4 is 5.69 Å². The van der Waals surface area contributed by atoms with Crippen molar-refractivity contribution in [1.82, 2.24) is 0 Å². The number of benzene rings is 1. The Labute approximate surface area is 104 Å². The van der Waals surface area contributed by atoms with Crippen LogP contribution in [0.1, 0.15) is 26.7 Å². The van der Waals surface area contributed by atoms with Crippen molar-refractivity contribution in [3.63, 3.8) is 0 Å². The molecule has 1 aromatic rings. The Balaban J connectivity index is 2.56. The maximum Gasteiger partial charge on any atom is 0.123 e. The van der Waals surface area contributed by atoms with Gasteiger partial charge in [-0.2, -0.15) is 0 Å². The normalized spacial score (nSPS) is 12.5. The summed E-state index contributed by atoms with van der Waals surface area (Å²) in [6, 6.07) is 6.70. The van der Waals surface area contributed by atoms with Crippen LogP contribution in [0.5, 0.6) is 0 Å². The predicted molar refractivity (Wildman–Crippen MR) is 71.7 cm³/mol. The van der Waals surface area contributed by atoms with Gasteiger partial charge >= 0.3 is 0 Å². The lowest BCUT2D eigenvalue weighted by Crippen LogP contribution is -2.27. The minimum atomic E-state index is -0.182. The summed E-state index contributed by atoms with van der Waals surface area (Å²) in [6.45, 7) is 6.96. The number of hydrogen-bond acceptors (Lipinski definition) is 2. The Morgan fingerprint density at radius 3 is 2.35 bits per heavy atom. The molecule has 0 radical (unpaired) electrons. The van der Waals surface area contributed by atoms with Gasteiger partial charge in [-0.15, -0.1) is 0 Å². The van der Waals surface area contributed by atoms with Crippen LogP contribution < -0.4 is 10.6 Å². The summed E-state index contributed by atoms with van der Waals surface area (Å²) in [4.78, 5) is 2.26. The summed E-state index contributed by atoms with van der Waals surface area (Å²) in [5, 5.41) is 0. The first-order chi connectivity index (χ1) is 8.21. The molecule has 0 aliphatic heterocycles. The number of nitrogens with two attached hydrogens (primary N) is 1. The highest BCUT2D eigenvalue weighted by Gasteiger charge is 2.08. The first kappa shape index (κ1) is 14.0. The van der Waals surface area contributed by atoms with E-state index in [0.717, 1.165) is 38.2 Å². The fourth-order valence-electron chi connectivity index (χ4n) is 1.95. The first-order valence-electron chi connectivity index (χ1n) is 6.41. The van der Waals surface area contributed by atoms with Crippen LogP contribution in [0.3, 0.4) is 0 Å². The van der Waals surface area contributed by atoms with E-state index >= 15 is 0 Å². The highest BCUT2D eigenvalue weighted by Crippen LogP contribution is 2.16. The third kappa shape index (κ3) is 4.35. The minimum absolute atomic E-state index is 0.182. The molecule has 2 nitrogen and oxygen atoms in total. The summed E-state index contributed by atoms with van der Waals surface area (Å²) >= 11 is 0. The van der Waals surface area contributed by atoms with E-state index in [1.54, 1.807) is 0 Å². The second-order valence-corrected chi connectivity index (χ2v) is 4.35. The van der Waals surface area contributed by atoms with Crippen LogP contribution in [0, 0.1) is 11.7 Å². The number of nitrogens with zero attached hydrogens (tertiary/aromatic N) is 1. The molecule has 0 amide bonds. The third-order valence-corrected chi connectivity index (χ3v) is 3.29. The fourth-order valence-corrected chi connectivity index (χ4v) is 1.95. The van der Waals surface area contributed by atoms with Crippen LogP contribution in [0.15, 0.2) is 24.3 Å². The molecule has 0 bridgehead atoms. The van der Waals surface area contributed by atoms with Gasteiger partial charge in [0.2, 0.25) is 0 Å². The first-order valence-corrected chi connectivity index (χ1v) is 6.41. The molecule has 0 aliphatic rings. The number of anilines is 1. The van der Waals surface area contributed by atoms with Crippen molar-refractivity contribution in [3.8, 4) is 0 Å². The van der Waals surface area contributed by atoms with Gasteiger partial charge in [-0.1, -0.05) is 13.3 Å². The fraction of sp³-hybridized carbons (Fsp3) is 0.571. The van der Waals surface area contributed by atoms with Gasteiger partial charge in [-0.05, 0) is 50.1 Å². The molecule has 2 N–H and O–H groups in total. The Morgan fingerprint density at radius 2 is 1.88 bits per heavy atom. The molecule has 1 unspecified atom stereocenters. The Morgan fingerprint density at radius 1 is 1.24 bits per heavy atom. The molecular formula is C14H23FN2. The Hall–Kier alpha value is -1.09. The van der Waals surface area contributed by atoms with E-state index in [9.17, 15) is 4.39 Å². The van der Waals surface area contributed by atoms with Crippen molar-refractivity contribution in [2.45, 2.75) is 26.7 Å². The topological polar surface area (TPSA) is 29.3 Å². The van der Waals surface area contributed by atoms with Gasteiger partial charge in [-0.25, -0.2) is 4.39 Å². The quantitative estimate of drug-likeness (QED) is 0.791. The Bertz CT molecular complexity index is 307. The summed E-state index contributed by atoms with van der Waals surface area (Å²) in [5.74, 6) is 0.405. The van der Waals surface area contributed by atoms with Crippen LogP contribution in [0.2, 0.25) is 0 Å². The summed E-state index contributed by atoms with van der Waals surface area (Å²) < 4.78 is 12.8. The van der Waals surface area contributed by atoms with Crippen molar-refractivity contribution in [1.29, 1.82) is 0 Å². The van der Waals surface area contributed by atoms with Crippen molar-refractivity contribution in [2.75, 3.05) is 24.5 Å². The van der Waals surface area contributed by atoms with Gasteiger partial charge in [0.1, 0.15) is 5.82 Å². The monoisotopic (exact) mass is 238 g/mol. The Kier molecular flexibility index (Phi) is 5.98. The van der Waals surface area contributed by atoms with E-state index in [4.69, 9.17) is 5.73 Å². The predicted octanol–water partition coefficient (Wildman–Crippen LogP) is 3.03. The van der Waals surface area contributed by atoms with Crippen LogP contribution in [-0.2, 0) is 0 Å². The average Bonchev–Trinajstić information content (AvgIpc) is 2.36. The lowest BCUT2D eigenvalue weighted by Gasteiger charge is -2.25. The lowest BCUT2D eigenvalue weighted by molar-refractivity contribution is 0.480. The molecule has 17 heavy (non-hydrogen) atoms. The highest BCUT2D eigenvalue weighted by atomic mass is 19.1. The zero-order valence-electron chi connectivity index (χ0n) is 10.8. The van der Waals surface area contributed by atoms with Crippen LogP contribution in [0.25, 0.3) is 0 Å². The van der Waals surface area contributed by atoms with Crippen molar-refractivity contribution in [3.05, 3.63) is 30.1 Å². The molecule has 96 valence electrons. The van der Waals surface area contributed by atoms with Gasteiger partial charge in [0.25, 0.3) is 0 Å². The zero-order valence-corrected chi connectivity index (χ0v) is 10.8. The standard InChI is InChI=1S/C14H23FN2/c1-3-12(11-16)9-10-17(4-2)14-7-5-13(15)6-8-14/h5-8,12H,3-4,9-11,16H2,1-2H3. The molecule has 3 heteroatoms. The summed E-state index contributed by atoms with van der Waals surface area (Å²) in [7, 11) is 0. The van der Waals surface area contributed by atoms with E-state index in [0.29, 0.717) is 5.92 Å². The SMILES string of the molecule is CCC(CN)CCN(CC)c1ccc(F)cc1. The molecule has 0 aliphatic carbocycles. The second-order valence-electron chi connectivity index (χ2n) is 4.35. The van der Waals surface area contributed by atoms with Crippen LogP contribution in [-0.4, -0.2) is 19.6 Å². The maximum atomic E-state index is 12.8. The molecule has 0 fully saturated rings. The summed E-state index contributed by atoms with van der Waals surface area (Å²) in [5.41, 5.74) is 6.79. The molecule has 1 atom stereocenters. The second kappa shape index (κ2) is 7.28. The molecule has 1 aromatic carbocycles. The molecule has 0 spiro atoms. The van der Waals surface area contributed by atoms with E-state index < -0.39 is 0 Å². The van der Waals surface area contributed by atoms with Gasteiger partial charge < -0.3 is 10.6 Å². The minimum Gasteiger partial charge on any atom is -0.372 e. The smallest absolute Gasteiger partial charge is 0.123 e. The molecule has 1 rings (SSSR count). The van der Waals surface area contributed by atoms with Crippen LogP contribution in [0.4, 0.5) is 10.1 Å². The number of halogens is 1. The molecule has 0 saturated carbocycles. The van der Waals surface area contributed by atoms with E-state index in [2.05, 4.69) is 18.7 Å². The van der Waals surface area contributed by atoms with Gasteiger partial charge in [0, 0.05) is 18.8 Å². The third-order valence-electron chi connectivity index (χ3n) is 3.29. The molecule has 0 heterocycles. The van der Waals surface area contributed by atoms with Gasteiger partial charge in [0.05, 0.1) is 0 Å². The number of hydrogen-bond donors (Lipinski definition) is 1. The van der Waals surface area contributed by atoms with Crippen molar-refractivity contribution < 1.29 is 4.39 Å². The molecule has 0 saturated heterocycles. The largest absolute Gasteiger partial charge is 0.372 e. The van der Waals surface area contributed by atoms with E-state index in [1.807, 2.05) is 12.1 Å². The molecule has 0 aromatic heterocycles. The number of rotatable bonds is 7. The highest BCUT2D eigenvalue weighted by molar-refractivity contribution is 5.45. The van der Waals surface area contributed by atoms with E-state index in [-0.39, 0.29) is 5.82 Å². The van der Waals surface area contributed by atoms with Gasteiger partial charge in [0.15, 0.2) is 0 Å². The van der Waals surface area contributed by atoms with Gasteiger partial charge in [-0.3, -0.25) is 0 Å². The van der Waals surface area contributed by atoms with E-state index in [1.165, 1.54) is 12.1 Å². The summed E-state index contributed by atoms with van der Waals surface area (Å²) in [6.07, 6.45) is 2.22. The average molecular weight is 238 g/mol. The van der Waals surface area contributed by atoms with Crippen LogP contribution >= 0.6 is 0 Å². The molecular weight excluding hydrogens is 215 g/mol. The zero-order chi connectivity index (χ0) is 12.7. The van der Waals surface area contributed by atoms with Crippen molar-refractivity contribution in [2.24, 2.45) is 11.7 Å².